The number of carbonyl (C=O) groups excluding carboxylic acids is 1. The molecule has 1 N–H and O–H groups in total. The summed E-state index contributed by atoms with van der Waals surface area (Å²) in [7, 11) is 0. The molecule has 0 bridgehead atoms. The maximum Gasteiger partial charge on any atom is 0.362 e. The van der Waals surface area contributed by atoms with E-state index in [1.54, 1.807) is 55.5 Å². The van der Waals surface area contributed by atoms with Crippen molar-refractivity contribution in [3.05, 3.63) is 71.9 Å². The molecular formula is C17H16N2O3. The van der Waals surface area contributed by atoms with Crippen LogP contribution in [0.25, 0.3) is 5.76 Å². The summed E-state index contributed by atoms with van der Waals surface area (Å²) in [5.74, 6) is -0.984. The molecule has 112 valence electrons. The molecule has 22 heavy (non-hydrogen) atoms. The van der Waals surface area contributed by atoms with Crippen LogP contribution in [0.3, 0.4) is 0 Å². The third-order valence-corrected chi connectivity index (χ3v) is 2.76. The fourth-order valence-corrected chi connectivity index (χ4v) is 1.72. The fraction of sp³-hybridized carbons (Fsp3) is 0.118. The number of rotatable bonds is 5. The molecule has 0 unspecified atom stereocenters. The van der Waals surface area contributed by atoms with Crippen LogP contribution in [0, 0.1) is 0 Å². The first-order valence-electron chi connectivity index (χ1n) is 6.85. The summed E-state index contributed by atoms with van der Waals surface area (Å²) in [6.45, 7) is 1.87. The summed E-state index contributed by atoms with van der Waals surface area (Å²) in [5, 5.41) is 18.1. The number of benzene rings is 2. The van der Waals surface area contributed by atoms with Gasteiger partial charge in [0, 0.05) is 5.56 Å². The first kappa shape index (κ1) is 15.4. The summed E-state index contributed by atoms with van der Waals surface area (Å²) in [5.41, 5.74) is 0.819. The van der Waals surface area contributed by atoms with Gasteiger partial charge in [-0.3, -0.25) is 0 Å². The minimum absolute atomic E-state index is 0.186. The van der Waals surface area contributed by atoms with E-state index < -0.39 is 5.97 Å². The van der Waals surface area contributed by atoms with Gasteiger partial charge in [-0.1, -0.05) is 48.5 Å². The lowest BCUT2D eigenvalue weighted by atomic mass is 10.1. The highest BCUT2D eigenvalue weighted by molar-refractivity contribution is 5.95. The molecular weight excluding hydrogens is 280 g/mol. The third kappa shape index (κ3) is 4.02. The highest BCUT2D eigenvalue weighted by atomic mass is 16.5. The highest BCUT2D eigenvalue weighted by Gasteiger charge is 2.18. The molecule has 5 heteroatoms. The average Bonchev–Trinajstić information content (AvgIpc) is 2.57. The topological polar surface area (TPSA) is 71.2 Å². The van der Waals surface area contributed by atoms with Gasteiger partial charge in [0.1, 0.15) is 0 Å². The Morgan fingerprint density at radius 1 is 1.05 bits per heavy atom. The van der Waals surface area contributed by atoms with Crippen LogP contribution in [-0.4, -0.2) is 17.7 Å². The van der Waals surface area contributed by atoms with Gasteiger partial charge in [-0.2, -0.15) is 5.11 Å². The van der Waals surface area contributed by atoms with E-state index in [1.165, 1.54) is 0 Å². The smallest absolute Gasteiger partial charge is 0.362 e. The van der Waals surface area contributed by atoms with Crippen molar-refractivity contribution in [3.63, 3.8) is 0 Å². The van der Waals surface area contributed by atoms with Crippen LogP contribution in [0.15, 0.2) is 76.6 Å². The number of aliphatic hydroxyl groups is 1. The zero-order valence-electron chi connectivity index (χ0n) is 12.1. The molecule has 0 aromatic heterocycles. The van der Waals surface area contributed by atoms with Gasteiger partial charge in [0.25, 0.3) is 0 Å². The summed E-state index contributed by atoms with van der Waals surface area (Å²) in [4.78, 5) is 12.0. The molecule has 2 aromatic carbocycles. The lowest BCUT2D eigenvalue weighted by Gasteiger charge is -2.05. The van der Waals surface area contributed by atoms with Gasteiger partial charge in [-0.05, 0) is 19.1 Å². The monoisotopic (exact) mass is 296 g/mol. The molecule has 0 aliphatic carbocycles. The van der Waals surface area contributed by atoms with E-state index in [9.17, 15) is 9.90 Å². The molecule has 0 spiro atoms. The Hall–Kier alpha value is -2.95. The molecule has 0 atom stereocenters. The second-order valence-electron chi connectivity index (χ2n) is 4.32. The van der Waals surface area contributed by atoms with Crippen LogP contribution in [0.5, 0.6) is 0 Å². The first-order chi connectivity index (χ1) is 10.7. The van der Waals surface area contributed by atoms with Crippen molar-refractivity contribution in [2.45, 2.75) is 6.92 Å². The Balaban J connectivity index is 2.39. The Labute approximate surface area is 128 Å². The van der Waals surface area contributed by atoms with Crippen LogP contribution in [0.4, 0.5) is 5.69 Å². The Kier molecular flexibility index (Phi) is 5.43. The van der Waals surface area contributed by atoms with E-state index in [2.05, 4.69) is 10.2 Å². The average molecular weight is 296 g/mol. The van der Waals surface area contributed by atoms with Gasteiger partial charge in [0.2, 0.25) is 5.70 Å². The molecule has 2 rings (SSSR count). The zero-order valence-corrected chi connectivity index (χ0v) is 12.1. The van der Waals surface area contributed by atoms with Crippen molar-refractivity contribution in [2.24, 2.45) is 10.2 Å². The maximum absolute atomic E-state index is 12.0. The van der Waals surface area contributed by atoms with Gasteiger partial charge < -0.3 is 9.84 Å². The molecule has 0 aliphatic heterocycles. The largest absolute Gasteiger partial charge is 0.505 e. The number of hydrogen-bond acceptors (Lipinski definition) is 5. The maximum atomic E-state index is 12.0. The van der Waals surface area contributed by atoms with Crippen LogP contribution in [-0.2, 0) is 9.53 Å². The molecule has 0 aliphatic rings. The Morgan fingerprint density at radius 2 is 1.64 bits per heavy atom. The number of hydrogen-bond donors (Lipinski definition) is 1. The molecule has 0 saturated heterocycles. The van der Waals surface area contributed by atoms with E-state index in [0.29, 0.717) is 11.3 Å². The fourth-order valence-electron chi connectivity index (χ4n) is 1.72. The first-order valence-corrected chi connectivity index (χ1v) is 6.85. The highest BCUT2D eigenvalue weighted by Crippen LogP contribution is 2.20. The van der Waals surface area contributed by atoms with Crippen LogP contribution in [0.1, 0.15) is 12.5 Å². The minimum atomic E-state index is -0.719. The van der Waals surface area contributed by atoms with Gasteiger partial charge in [-0.15, -0.1) is 5.11 Å². The van der Waals surface area contributed by atoms with Gasteiger partial charge >= 0.3 is 5.97 Å². The van der Waals surface area contributed by atoms with Crippen LogP contribution < -0.4 is 0 Å². The van der Waals surface area contributed by atoms with E-state index in [-0.39, 0.29) is 18.1 Å². The van der Waals surface area contributed by atoms with Crippen molar-refractivity contribution in [1.29, 1.82) is 0 Å². The van der Waals surface area contributed by atoms with E-state index in [0.717, 1.165) is 0 Å². The van der Waals surface area contributed by atoms with Crippen molar-refractivity contribution >= 4 is 17.4 Å². The van der Waals surface area contributed by atoms with Gasteiger partial charge in [-0.25, -0.2) is 4.79 Å². The van der Waals surface area contributed by atoms with Gasteiger partial charge in [0.15, 0.2) is 5.76 Å². The SMILES string of the molecule is CCOC(=O)/C(N=Nc1ccccc1)=C(/O)c1ccccc1. The van der Waals surface area contributed by atoms with Gasteiger partial charge in [0.05, 0.1) is 12.3 Å². The molecule has 0 saturated carbocycles. The number of aliphatic hydroxyl groups excluding tert-OH is 1. The number of esters is 1. The summed E-state index contributed by atoms with van der Waals surface area (Å²) >= 11 is 0. The molecule has 5 nitrogen and oxygen atoms in total. The second-order valence-corrected chi connectivity index (χ2v) is 4.32. The molecule has 2 aromatic rings. The Morgan fingerprint density at radius 3 is 2.23 bits per heavy atom. The molecule has 0 amide bonds. The molecule has 0 radical (unpaired) electrons. The van der Waals surface area contributed by atoms with Crippen molar-refractivity contribution in [2.75, 3.05) is 6.61 Å². The number of azo groups is 1. The number of carbonyl (C=O) groups is 1. The summed E-state index contributed by atoms with van der Waals surface area (Å²) < 4.78 is 4.92. The summed E-state index contributed by atoms with van der Waals surface area (Å²) in [6, 6.07) is 17.6. The van der Waals surface area contributed by atoms with Crippen molar-refractivity contribution in [1.82, 2.24) is 0 Å². The van der Waals surface area contributed by atoms with Crippen molar-refractivity contribution in [3.8, 4) is 0 Å². The normalized spacial score (nSPS) is 12.0. The minimum Gasteiger partial charge on any atom is -0.505 e. The lowest BCUT2D eigenvalue weighted by Crippen LogP contribution is -2.08. The van der Waals surface area contributed by atoms with E-state index >= 15 is 0 Å². The number of nitrogens with zero attached hydrogens (tertiary/aromatic N) is 2. The summed E-state index contributed by atoms with van der Waals surface area (Å²) in [6.07, 6.45) is 0. The molecule has 0 heterocycles. The quantitative estimate of drug-likeness (QED) is 0.388. The predicted octanol–water partition coefficient (Wildman–Crippen LogP) is 4.26. The Bertz CT molecular complexity index is 680. The van der Waals surface area contributed by atoms with Crippen molar-refractivity contribution < 1.29 is 14.6 Å². The van der Waals surface area contributed by atoms with Crippen LogP contribution in [0.2, 0.25) is 0 Å². The van der Waals surface area contributed by atoms with E-state index in [1.807, 2.05) is 12.1 Å². The zero-order chi connectivity index (χ0) is 15.8. The number of ether oxygens (including phenoxy) is 1. The molecule has 0 fully saturated rings. The standard InChI is InChI=1S/C17H16N2O3/c1-2-22-17(21)15(16(20)13-9-5-3-6-10-13)19-18-14-11-7-4-8-12-14/h3-12,20H,2H2,1H3/b16-15-,19-18?. The predicted molar refractivity (Wildman–Crippen MR) is 83.6 cm³/mol. The second kappa shape index (κ2) is 7.73. The van der Waals surface area contributed by atoms with Crippen LogP contribution >= 0.6 is 0 Å². The van der Waals surface area contributed by atoms with E-state index in [4.69, 9.17) is 4.74 Å². The third-order valence-electron chi connectivity index (χ3n) is 2.76. The lowest BCUT2D eigenvalue weighted by molar-refractivity contribution is -0.138.